The van der Waals surface area contributed by atoms with Crippen LogP contribution in [0.4, 0.5) is 10.2 Å². The molecule has 3 aromatic rings. The Morgan fingerprint density at radius 2 is 2.00 bits per heavy atom. The van der Waals surface area contributed by atoms with Gasteiger partial charge in [-0.25, -0.2) is 9.67 Å². The van der Waals surface area contributed by atoms with Crippen LogP contribution in [0.5, 0.6) is 5.75 Å². The molecule has 0 saturated carbocycles. The normalized spacial score (nSPS) is 10.5. The number of methoxy groups -OCH3 is 1. The first kappa shape index (κ1) is 16.6. The summed E-state index contributed by atoms with van der Waals surface area (Å²) in [6.07, 6.45) is 1.25. The fourth-order valence-electron chi connectivity index (χ4n) is 2.40. The Balaban J connectivity index is 1.79. The van der Waals surface area contributed by atoms with Gasteiger partial charge >= 0.3 is 0 Å². The largest absolute Gasteiger partial charge is 0.497 e. The Hall–Kier alpha value is -3.22. The van der Waals surface area contributed by atoms with Gasteiger partial charge in [-0.1, -0.05) is 12.1 Å². The number of hydrogen-bond donors (Lipinski definition) is 1. The van der Waals surface area contributed by atoms with Crippen molar-refractivity contribution in [3.8, 4) is 5.75 Å². The predicted molar refractivity (Wildman–Crippen MR) is 91.2 cm³/mol. The maximum Gasteiger partial charge on any atom is 0.257 e. The first-order valence-electron chi connectivity index (χ1n) is 7.65. The number of benzene rings is 1. The van der Waals surface area contributed by atoms with E-state index < -0.39 is 11.9 Å². The lowest BCUT2D eigenvalue weighted by molar-refractivity contribution is 0.102. The van der Waals surface area contributed by atoms with Crippen molar-refractivity contribution >= 4 is 11.7 Å². The molecule has 0 aliphatic carbocycles. The van der Waals surface area contributed by atoms with Gasteiger partial charge in [0.15, 0.2) is 0 Å². The molecule has 3 rings (SSSR count). The summed E-state index contributed by atoms with van der Waals surface area (Å²) in [6, 6.07) is 11.9. The summed E-state index contributed by atoms with van der Waals surface area (Å²) < 4.78 is 20.0. The molecule has 0 aliphatic rings. The van der Waals surface area contributed by atoms with Crippen LogP contribution in [0.3, 0.4) is 0 Å². The zero-order valence-electron chi connectivity index (χ0n) is 13.9. The number of hydrogen-bond acceptors (Lipinski definition) is 4. The maximum absolute atomic E-state index is 13.2. The standard InChI is InChI=1S/C18H17FN4O2/c1-12-9-17(21-18(24)14-7-8-20-16(19)10-14)23(22-12)11-13-3-5-15(25-2)6-4-13/h3-10H,11H2,1-2H3,(H,21,24). The van der Waals surface area contributed by atoms with Gasteiger partial charge in [0.05, 0.1) is 19.3 Å². The minimum absolute atomic E-state index is 0.197. The van der Waals surface area contributed by atoms with Gasteiger partial charge in [-0.3, -0.25) is 4.79 Å². The van der Waals surface area contributed by atoms with Gasteiger partial charge in [0.1, 0.15) is 11.6 Å². The minimum Gasteiger partial charge on any atom is -0.497 e. The van der Waals surface area contributed by atoms with Crippen molar-refractivity contribution in [3.05, 3.63) is 71.4 Å². The minimum atomic E-state index is -0.699. The number of aryl methyl sites for hydroxylation is 1. The van der Waals surface area contributed by atoms with Crippen LogP contribution in [0.2, 0.25) is 0 Å². The van der Waals surface area contributed by atoms with Crippen molar-refractivity contribution in [2.24, 2.45) is 0 Å². The molecule has 1 aromatic carbocycles. The highest BCUT2D eigenvalue weighted by molar-refractivity contribution is 6.03. The molecule has 128 valence electrons. The van der Waals surface area contributed by atoms with Crippen LogP contribution < -0.4 is 10.1 Å². The van der Waals surface area contributed by atoms with E-state index in [9.17, 15) is 9.18 Å². The molecule has 0 radical (unpaired) electrons. The lowest BCUT2D eigenvalue weighted by Crippen LogP contribution is -2.16. The summed E-state index contributed by atoms with van der Waals surface area (Å²) >= 11 is 0. The molecule has 6 nitrogen and oxygen atoms in total. The number of nitrogens with zero attached hydrogens (tertiary/aromatic N) is 3. The van der Waals surface area contributed by atoms with E-state index in [0.717, 1.165) is 23.1 Å². The summed E-state index contributed by atoms with van der Waals surface area (Å²) in [4.78, 5) is 15.7. The Labute approximate surface area is 144 Å². The van der Waals surface area contributed by atoms with Crippen molar-refractivity contribution in [1.82, 2.24) is 14.8 Å². The van der Waals surface area contributed by atoms with Gasteiger partial charge in [0, 0.05) is 23.9 Å². The van der Waals surface area contributed by atoms with E-state index >= 15 is 0 Å². The van der Waals surface area contributed by atoms with Crippen LogP contribution in [0.25, 0.3) is 0 Å². The van der Waals surface area contributed by atoms with E-state index in [2.05, 4.69) is 15.4 Å². The van der Waals surface area contributed by atoms with Gasteiger partial charge in [0.25, 0.3) is 5.91 Å². The summed E-state index contributed by atoms with van der Waals surface area (Å²) in [6.45, 7) is 2.32. The fourth-order valence-corrected chi connectivity index (χ4v) is 2.40. The lowest BCUT2D eigenvalue weighted by Gasteiger charge is -2.09. The highest BCUT2D eigenvalue weighted by Crippen LogP contribution is 2.17. The second-order valence-electron chi connectivity index (χ2n) is 5.50. The molecule has 0 spiro atoms. The van der Waals surface area contributed by atoms with E-state index in [1.807, 2.05) is 31.2 Å². The lowest BCUT2D eigenvalue weighted by atomic mass is 10.2. The number of carbonyl (C=O) groups excluding carboxylic acids is 1. The third kappa shape index (κ3) is 4.00. The molecule has 0 bridgehead atoms. The average Bonchev–Trinajstić information content (AvgIpc) is 2.94. The summed E-state index contributed by atoms with van der Waals surface area (Å²) in [5.41, 5.74) is 1.97. The van der Waals surface area contributed by atoms with Crippen molar-refractivity contribution in [2.75, 3.05) is 12.4 Å². The zero-order valence-corrected chi connectivity index (χ0v) is 13.9. The van der Waals surface area contributed by atoms with E-state index in [1.54, 1.807) is 17.9 Å². The summed E-state index contributed by atoms with van der Waals surface area (Å²) in [5.74, 6) is 0.192. The Bertz CT molecular complexity index is 890. The van der Waals surface area contributed by atoms with Gasteiger partial charge in [-0.05, 0) is 30.7 Å². The molecule has 0 fully saturated rings. The Kier molecular flexibility index (Phi) is 4.74. The topological polar surface area (TPSA) is 69.0 Å². The quantitative estimate of drug-likeness (QED) is 0.725. The predicted octanol–water partition coefficient (Wildman–Crippen LogP) is 3.03. The molecule has 2 aromatic heterocycles. The molecule has 0 unspecified atom stereocenters. The molecule has 7 heteroatoms. The van der Waals surface area contributed by atoms with E-state index in [4.69, 9.17) is 4.74 Å². The monoisotopic (exact) mass is 340 g/mol. The maximum atomic E-state index is 13.2. The number of ether oxygens (including phenoxy) is 1. The smallest absolute Gasteiger partial charge is 0.257 e. The first-order valence-corrected chi connectivity index (χ1v) is 7.65. The van der Waals surface area contributed by atoms with Gasteiger partial charge in [-0.2, -0.15) is 9.49 Å². The number of carbonyl (C=O) groups is 1. The van der Waals surface area contributed by atoms with Crippen LogP contribution in [0, 0.1) is 12.9 Å². The molecule has 0 atom stereocenters. The molecule has 0 saturated heterocycles. The summed E-state index contributed by atoms with van der Waals surface area (Å²) in [5, 5.41) is 7.16. The van der Waals surface area contributed by atoms with E-state index in [-0.39, 0.29) is 5.56 Å². The van der Waals surface area contributed by atoms with Gasteiger partial charge in [-0.15, -0.1) is 0 Å². The van der Waals surface area contributed by atoms with Crippen LogP contribution in [-0.4, -0.2) is 27.8 Å². The van der Waals surface area contributed by atoms with Crippen molar-refractivity contribution in [3.63, 3.8) is 0 Å². The van der Waals surface area contributed by atoms with Crippen molar-refractivity contribution in [1.29, 1.82) is 0 Å². The molecule has 2 heterocycles. The molecule has 1 N–H and O–H groups in total. The highest BCUT2D eigenvalue weighted by atomic mass is 19.1. The fraction of sp³-hybridized carbons (Fsp3) is 0.167. The number of amides is 1. The van der Waals surface area contributed by atoms with E-state index in [0.29, 0.717) is 12.4 Å². The molecular weight excluding hydrogens is 323 g/mol. The van der Waals surface area contributed by atoms with Gasteiger partial charge < -0.3 is 10.1 Å². The second-order valence-corrected chi connectivity index (χ2v) is 5.50. The third-order valence-corrected chi connectivity index (χ3v) is 3.62. The Morgan fingerprint density at radius 3 is 2.68 bits per heavy atom. The van der Waals surface area contributed by atoms with Gasteiger partial charge in [0.2, 0.25) is 5.95 Å². The molecule has 0 aliphatic heterocycles. The molecular formula is C18H17FN4O2. The van der Waals surface area contributed by atoms with Crippen molar-refractivity contribution in [2.45, 2.75) is 13.5 Å². The van der Waals surface area contributed by atoms with E-state index in [1.165, 1.54) is 12.3 Å². The van der Waals surface area contributed by atoms with Crippen LogP contribution in [0.15, 0.2) is 48.7 Å². The first-order chi connectivity index (χ1) is 12.0. The Morgan fingerprint density at radius 1 is 1.24 bits per heavy atom. The summed E-state index contributed by atoms with van der Waals surface area (Å²) in [7, 11) is 1.61. The third-order valence-electron chi connectivity index (χ3n) is 3.62. The number of halogens is 1. The number of anilines is 1. The highest BCUT2D eigenvalue weighted by Gasteiger charge is 2.12. The SMILES string of the molecule is COc1ccc(Cn2nc(C)cc2NC(=O)c2ccnc(F)c2)cc1. The average molecular weight is 340 g/mol. The second kappa shape index (κ2) is 7.12. The van der Waals surface area contributed by atoms with Crippen molar-refractivity contribution < 1.29 is 13.9 Å². The number of nitrogens with one attached hydrogen (secondary N) is 1. The number of aromatic nitrogens is 3. The zero-order chi connectivity index (χ0) is 17.8. The molecule has 1 amide bonds. The molecule has 25 heavy (non-hydrogen) atoms. The van der Waals surface area contributed by atoms with Crippen LogP contribution in [-0.2, 0) is 6.54 Å². The van der Waals surface area contributed by atoms with Crippen LogP contribution in [0.1, 0.15) is 21.6 Å². The van der Waals surface area contributed by atoms with Crippen LogP contribution >= 0.6 is 0 Å². The number of pyridine rings is 1. The number of rotatable bonds is 5.